The normalized spacial score (nSPS) is 14.0. The standard InChI is InChI=1S/C18H24F2N4O/c1-10(2)7-11(3)17(21)25-18-14(16(19)20)8-13(9-23-18)15-5-6-22-12(4)24-15/h5-6,8-11,16-17H,7,21H2,1-4H3/t11?,17-/m0/s1. The number of aryl methyl sites for hydroxylation is 1. The molecule has 2 atom stereocenters. The molecule has 2 aromatic heterocycles. The lowest BCUT2D eigenvalue weighted by Crippen LogP contribution is -2.35. The maximum Gasteiger partial charge on any atom is 0.269 e. The van der Waals surface area contributed by atoms with Gasteiger partial charge in [-0.2, -0.15) is 0 Å². The van der Waals surface area contributed by atoms with E-state index in [0.717, 1.165) is 6.42 Å². The zero-order valence-corrected chi connectivity index (χ0v) is 14.9. The van der Waals surface area contributed by atoms with Crippen LogP contribution in [0, 0.1) is 18.8 Å². The number of rotatable bonds is 7. The Labute approximate surface area is 146 Å². The van der Waals surface area contributed by atoms with E-state index in [-0.39, 0.29) is 17.4 Å². The second-order valence-corrected chi connectivity index (χ2v) is 6.60. The highest BCUT2D eigenvalue weighted by atomic mass is 19.3. The summed E-state index contributed by atoms with van der Waals surface area (Å²) < 4.78 is 32.5. The fraction of sp³-hybridized carbons (Fsp3) is 0.500. The SMILES string of the molecule is Cc1nccc(-c2cnc(O[C@H](N)C(C)CC(C)C)c(C(F)F)c2)n1. The van der Waals surface area contributed by atoms with Crippen molar-refractivity contribution in [2.24, 2.45) is 17.6 Å². The van der Waals surface area contributed by atoms with Crippen molar-refractivity contribution >= 4 is 0 Å². The van der Waals surface area contributed by atoms with Crippen LogP contribution in [0.3, 0.4) is 0 Å². The predicted molar refractivity (Wildman–Crippen MR) is 92.2 cm³/mol. The highest BCUT2D eigenvalue weighted by molar-refractivity contribution is 5.59. The quantitative estimate of drug-likeness (QED) is 0.760. The van der Waals surface area contributed by atoms with Gasteiger partial charge in [0.1, 0.15) is 5.82 Å². The molecule has 0 fully saturated rings. The number of nitrogens with zero attached hydrogens (tertiary/aromatic N) is 3. The number of alkyl halides is 2. The van der Waals surface area contributed by atoms with Gasteiger partial charge < -0.3 is 4.74 Å². The highest BCUT2D eigenvalue weighted by Gasteiger charge is 2.22. The fourth-order valence-corrected chi connectivity index (χ4v) is 2.60. The summed E-state index contributed by atoms with van der Waals surface area (Å²) in [4.78, 5) is 12.3. The topological polar surface area (TPSA) is 73.9 Å². The molecule has 2 rings (SSSR count). The zero-order valence-electron chi connectivity index (χ0n) is 14.9. The van der Waals surface area contributed by atoms with E-state index >= 15 is 0 Å². The number of pyridine rings is 1. The van der Waals surface area contributed by atoms with E-state index in [1.165, 1.54) is 12.3 Å². The van der Waals surface area contributed by atoms with Crippen molar-refractivity contribution in [1.29, 1.82) is 0 Å². The molecule has 7 heteroatoms. The van der Waals surface area contributed by atoms with Gasteiger partial charge in [-0.25, -0.2) is 23.7 Å². The molecule has 2 aromatic rings. The van der Waals surface area contributed by atoms with Crippen molar-refractivity contribution in [1.82, 2.24) is 15.0 Å². The summed E-state index contributed by atoms with van der Waals surface area (Å²) in [7, 11) is 0. The summed E-state index contributed by atoms with van der Waals surface area (Å²) in [6, 6.07) is 2.99. The molecular formula is C18H24F2N4O. The molecule has 0 aliphatic rings. The van der Waals surface area contributed by atoms with Crippen LogP contribution in [0.4, 0.5) is 8.78 Å². The third kappa shape index (κ3) is 5.16. The molecule has 25 heavy (non-hydrogen) atoms. The van der Waals surface area contributed by atoms with Crippen LogP contribution in [0.15, 0.2) is 24.5 Å². The summed E-state index contributed by atoms with van der Waals surface area (Å²) in [6.45, 7) is 7.82. The van der Waals surface area contributed by atoms with Gasteiger partial charge in [0, 0.05) is 23.9 Å². The lowest BCUT2D eigenvalue weighted by molar-refractivity contribution is 0.109. The molecule has 2 N–H and O–H groups in total. The van der Waals surface area contributed by atoms with Crippen LogP contribution >= 0.6 is 0 Å². The third-order valence-corrected chi connectivity index (χ3v) is 3.84. The van der Waals surface area contributed by atoms with Crippen LogP contribution in [-0.2, 0) is 0 Å². The molecule has 0 aliphatic heterocycles. The minimum absolute atomic E-state index is 0.0245. The molecular weight excluding hydrogens is 326 g/mol. The van der Waals surface area contributed by atoms with Crippen molar-refractivity contribution in [2.75, 3.05) is 0 Å². The Hall–Kier alpha value is -2.15. The van der Waals surface area contributed by atoms with Crippen LogP contribution in [-0.4, -0.2) is 21.2 Å². The Balaban J connectivity index is 2.27. The first-order valence-electron chi connectivity index (χ1n) is 8.28. The lowest BCUT2D eigenvalue weighted by atomic mass is 9.98. The number of halogens is 2. The van der Waals surface area contributed by atoms with Crippen molar-refractivity contribution in [2.45, 2.75) is 46.8 Å². The van der Waals surface area contributed by atoms with Gasteiger partial charge in [-0.3, -0.25) is 5.73 Å². The van der Waals surface area contributed by atoms with Gasteiger partial charge in [0.25, 0.3) is 6.43 Å². The Morgan fingerprint density at radius 1 is 1.20 bits per heavy atom. The van der Waals surface area contributed by atoms with Gasteiger partial charge in [-0.05, 0) is 31.4 Å². The van der Waals surface area contributed by atoms with Gasteiger partial charge >= 0.3 is 0 Å². The molecule has 0 aromatic carbocycles. The molecule has 0 saturated carbocycles. The van der Waals surface area contributed by atoms with Crippen LogP contribution in [0.25, 0.3) is 11.3 Å². The van der Waals surface area contributed by atoms with E-state index in [0.29, 0.717) is 23.0 Å². The largest absolute Gasteiger partial charge is 0.458 e. The predicted octanol–water partition coefficient (Wildman–Crippen LogP) is 4.13. The number of hydrogen-bond acceptors (Lipinski definition) is 5. The summed E-state index contributed by atoms with van der Waals surface area (Å²) in [5.74, 6) is 0.890. The van der Waals surface area contributed by atoms with Crippen molar-refractivity contribution < 1.29 is 13.5 Å². The lowest BCUT2D eigenvalue weighted by Gasteiger charge is -2.23. The van der Waals surface area contributed by atoms with E-state index in [4.69, 9.17) is 10.5 Å². The molecule has 1 unspecified atom stereocenters. The van der Waals surface area contributed by atoms with Crippen LogP contribution in [0.5, 0.6) is 5.88 Å². The van der Waals surface area contributed by atoms with Gasteiger partial charge in [0.2, 0.25) is 5.88 Å². The molecule has 2 heterocycles. The van der Waals surface area contributed by atoms with Crippen molar-refractivity contribution in [3.05, 3.63) is 35.9 Å². The van der Waals surface area contributed by atoms with E-state index in [2.05, 4.69) is 28.8 Å². The molecule has 0 spiro atoms. The zero-order chi connectivity index (χ0) is 18.6. The van der Waals surface area contributed by atoms with E-state index in [1.54, 1.807) is 19.2 Å². The van der Waals surface area contributed by atoms with E-state index < -0.39 is 12.7 Å². The number of nitrogens with two attached hydrogens (primary N) is 1. The average Bonchev–Trinajstić information content (AvgIpc) is 2.54. The van der Waals surface area contributed by atoms with Crippen LogP contribution in [0.2, 0.25) is 0 Å². The van der Waals surface area contributed by atoms with Crippen LogP contribution < -0.4 is 10.5 Å². The molecule has 0 amide bonds. The Kier molecular flexibility index (Phi) is 6.36. The third-order valence-electron chi connectivity index (χ3n) is 3.84. The molecule has 0 radical (unpaired) electrons. The second-order valence-electron chi connectivity index (χ2n) is 6.60. The minimum atomic E-state index is -2.72. The highest BCUT2D eigenvalue weighted by Crippen LogP contribution is 2.32. The Morgan fingerprint density at radius 2 is 1.92 bits per heavy atom. The minimum Gasteiger partial charge on any atom is -0.458 e. The molecule has 0 saturated heterocycles. The average molecular weight is 350 g/mol. The fourth-order valence-electron chi connectivity index (χ4n) is 2.60. The van der Waals surface area contributed by atoms with E-state index in [1.807, 2.05) is 6.92 Å². The second kappa shape index (κ2) is 8.29. The van der Waals surface area contributed by atoms with E-state index in [9.17, 15) is 8.78 Å². The Morgan fingerprint density at radius 3 is 2.52 bits per heavy atom. The first kappa shape index (κ1) is 19.2. The summed E-state index contributed by atoms with van der Waals surface area (Å²) in [5.41, 5.74) is 6.73. The summed E-state index contributed by atoms with van der Waals surface area (Å²) >= 11 is 0. The van der Waals surface area contributed by atoms with Crippen molar-refractivity contribution in [3.8, 4) is 17.1 Å². The number of hydrogen-bond donors (Lipinski definition) is 1. The van der Waals surface area contributed by atoms with Gasteiger partial charge in [0.05, 0.1) is 11.3 Å². The Bertz CT molecular complexity index is 709. The smallest absolute Gasteiger partial charge is 0.269 e. The molecule has 5 nitrogen and oxygen atoms in total. The van der Waals surface area contributed by atoms with Gasteiger partial charge in [0.15, 0.2) is 6.23 Å². The summed E-state index contributed by atoms with van der Waals surface area (Å²) in [6.07, 6.45) is 0.456. The monoisotopic (exact) mass is 350 g/mol. The number of ether oxygens (including phenoxy) is 1. The molecule has 136 valence electrons. The first-order valence-corrected chi connectivity index (χ1v) is 8.28. The molecule has 0 bridgehead atoms. The molecule has 0 aliphatic carbocycles. The number of aromatic nitrogens is 3. The van der Waals surface area contributed by atoms with Gasteiger partial charge in [-0.1, -0.05) is 20.8 Å². The van der Waals surface area contributed by atoms with Gasteiger partial charge in [-0.15, -0.1) is 0 Å². The summed E-state index contributed by atoms with van der Waals surface area (Å²) in [5, 5.41) is 0. The van der Waals surface area contributed by atoms with Crippen LogP contribution in [0.1, 0.15) is 45.0 Å². The maximum absolute atomic E-state index is 13.5. The maximum atomic E-state index is 13.5. The van der Waals surface area contributed by atoms with Crippen molar-refractivity contribution in [3.63, 3.8) is 0 Å². The first-order chi connectivity index (χ1) is 11.8.